The minimum atomic E-state index is 0.450. The van der Waals surface area contributed by atoms with Gasteiger partial charge in [0, 0.05) is 5.54 Å². The van der Waals surface area contributed by atoms with E-state index in [4.69, 9.17) is 0 Å². The van der Waals surface area contributed by atoms with Gasteiger partial charge in [-0.3, -0.25) is 0 Å². The number of hydrogen-bond acceptors (Lipinski definition) is 2. The second kappa shape index (κ2) is 2.27. The molecule has 1 spiro atoms. The van der Waals surface area contributed by atoms with Crippen LogP contribution in [0.5, 0.6) is 0 Å². The SMILES string of the molecule is C1=CNC2(C1)CCNCC2. The van der Waals surface area contributed by atoms with E-state index in [0.717, 1.165) is 0 Å². The molecule has 2 rings (SSSR count). The van der Waals surface area contributed by atoms with E-state index in [1.165, 1.54) is 32.4 Å². The molecule has 0 aromatic heterocycles. The first-order valence-electron chi connectivity index (χ1n) is 4.05. The van der Waals surface area contributed by atoms with Crippen LogP contribution in [-0.4, -0.2) is 18.6 Å². The van der Waals surface area contributed by atoms with Crippen LogP contribution >= 0.6 is 0 Å². The quantitative estimate of drug-likeness (QED) is 0.512. The summed E-state index contributed by atoms with van der Waals surface area (Å²) >= 11 is 0. The first-order chi connectivity index (χ1) is 4.91. The van der Waals surface area contributed by atoms with Crippen molar-refractivity contribution in [3.63, 3.8) is 0 Å². The topological polar surface area (TPSA) is 24.1 Å². The van der Waals surface area contributed by atoms with Crippen LogP contribution in [0.4, 0.5) is 0 Å². The maximum absolute atomic E-state index is 3.45. The van der Waals surface area contributed by atoms with Crippen LogP contribution in [0.15, 0.2) is 12.3 Å². The lowest BCUT2D eigenvalue weighted by Gasteiger charge is -2.34. The second-order valence-corrected chi connectivity index (χ2v) is 3.28. The Morgan fingerprint density at radius 1 is 1.20 bits per heavy atom. The van der Waals surface area contributed by atoms with Crippen LogP contribution in [0.1, 0.15) is 19.3 Å². The molecule has 0 radical (unpaired) electrons. The summed E-state index contributed by atoms with van der Waals surface area (Å²) in [4.78, 5) is 0. The minimum absolute atomic E-state index is 0.450. The molecular weight excluding hydrogens is 124 g/mol. The molecule has 0 aromatic carbocycles. The van der Waals surface area contributed by atoms with Gasteiger partial charge in [-0.2, -0.15) is 0 Å². The molecule has 0 unspecified atom stereocenters. The van der Waals surface area contributed by atoms with Gasteiger partial charge in [-0.15, -0.1) is 0 Å². The molecule has 1 saturated heterocycles. The van der Waals surface area contributed by atoms with Gasteiger partial charge in [0.15, 0.2) is 0 Å². The molecule has 0 saturated carbocycles. The molecule has 2 heterocycles. The summed E-state index contributed by atoms with van der Waals surface area (Å²) in [5, 5.41) is 6.82. The predicted octanol–water partition coefficient (Wildman–Crippen LogP) is 0.616. The summed E-state index contributed by atoms with van der Waals surface area (Å²) in [6, 6.07) is 0. The van der Waals surface area contributed by atoms with Crippen molar-refractivity contribution >= 4 is 0 Å². The fourth-order valence-corrected chi connectivity index (χ4v) is 1.83. The molecule has 56 valence electrons. The van der Waals surface area contributed by atoms with Crippen molar-refractivity contribution in [1.29, 1.82) is 0 Å². The molecule has 10 heavy (non-hydrogen) atoms. The maximum atomic E-state index is 3.45. The summed E-state index contributed by atoms with van der Waals surface area (Å²) in [6.07, 6.45) is 8.13. The van der Waals surface area contributed by atoms with E-state index in [9.17, 15) is 0 Å². The van der Waals surface area contributed by atoms with Crippen molar-refractivity contribution < 1.29 is 0 Å². The molecule has 0 aliphatic carbocycles. The largest absolute Gasteiger partial charge is 0.385 e. The Bertz CT molecular complexity index is 135. The van der Waals surface area contributed by atoms with E-state index in [1.807, 2.05) is 0 Å². The number of piperidine rings is 1. The van der Waals surface area contributed by atoms with Gasteiger partial charge in [0.2, 0.25) is 0 Å². The highest BCUT2D eigenvalue weighted by Gasteiger charge is 2.31. The number of rotatable bonds is 0. The lowest BCUT2D eigenvalue weighted by atomic mass is 9.87. The Morgan fingerprint density at radius 2 is 2.00 bits per heavy atom. The van der Waals surface area contributed by atoms with Crippen LogP contribution in [-0.2, 0) is 0 Å². The maximum Gasteiger partial charge on any atom is 0.0427 e. The fraction of sp³-hybridized carbons (Fsp3) is 0.750. The first-order valence-corrected chi connectivity index (χ1v) is 4.05. The summed E-state index contributed by atoms with van der Waals surface area (Å²) < 4.78 is 0. The normalized spacial score (nSPS) is 28.8. The summed E-state index contributed by atoms with van der Waals surface area (Å²) in [6.45, 7) is 2.35. The third kappa shape index (κ3) is 0.926. The van der Waals surface area contributed by atoms with Crippen LogP contribution in [0, 0.1) is 0 Å². The average Bonchev–Trinajstić information content (AvgIpc) is 2.39. The number of hydrogen-bond donors (Lipinski definition) is 2. The highest BCUT2D eigenvalue weighted by Crippen LogP contribution is 2.25. The first kappa shape index (κ1) is 6.23. The van der Waals surface area contributed by atoms with Gasteiger partial charge in [-0.05, 0) is 38.6 Å². The van der Waals surface area contributed by atoms with Crippen LogP contribution in [0.3, 0.4) is 0 Å². The zero-order valence-electron chi connectivity index (χ0n) is 6.19. The molecule has 0 bridgehead atoms. The molecule has 2 nitrogen and oxygen atoms in total. The van der Waals surface area contributed by atoms with Gasteiger partial charge in [0.05, 0.1) is 0 Å². The minimum Gasteiger partial charge on any atom is -0.385 e. The average molecular weight is 138 g/mol. The van der Waals surface area contributed by atoms with Crippen LogP contribution < -0.4 is 10.6 Å². The van der Waals surface area contributed by atoms with E-state index in [-0.39, 0.29) is 0 Å². The third-order valence-electron chi connectivity index (χ3n) is 2.58. The van der Waals surface area contributed by atoms with E-state index in [2.05, 4.69) is 22.9 Å². The summed E-state index contributed by atoms with van der Waals surface area (Å²) in [7, 11) is 0. The van der Waals surface area contributed by atoms with E-state index >= 15 is 0 Å². The molecular formula is C8H14N2. The Hall–Kier alpha value is -0.500. The Balaban J connectivity index is 2.00. The summed E-state index contributed by atoms with van der Waals surface area (Å²) in [5.74, 6) is 0. The highest BCUT2D eigenvalue weighted by atomic mass is 15.0. The van der Waals surface area contributed by atoms with Gasteiger partial charge in [0.1, 0.15) is 0 Å². The third-order valence-corrected chi connectivity index (χ3v) is 2.58. The van der Waals surface area contributed by atoms with Crippen molar-refractivity contribution in [2.45, 2.75) is 24.8 Å². The van der Waals surface area contributed by atoms with Gasteiger partial charge in [0.25, 0.3) is 0 Å². The van der Waals surface area contributed by atoms with Crippen LogP contribution in [0.25, 0.3) is 0 Å². The molecule has 2 heteroatoms. The van der Waals surface area contributed by atoms with Gasteiger partial charge < -0.3 is 10.6 Å². The van der Waals surface area contributed by atoms with Crippen molar-refractivity contribution in [1.82, 2.24) is 10.6 Å². The zero-order chi connectivity index (χ0) is 6.86. The van der Waals surface area contributed by atoms with Gasteiger partial charge in [-0.1, -0.05) is 6.08 Å². The Kier molecular flexibility index (Phi) is 1.42. The van der Waals surface area contributed by atoms with Crippen molar-refractivity contribution in [3.8, 4) is 0 Å². The van der Waals surface area contributed by atoms with E-state index < -0.39 is 0 Å². The summed E-state index contributed by atoms with van der Waals surface area (Å²) in [5.41, 5.74) is 0.450. The molecule has 0 amide bonds. The smallest absolute Gasteiger partial charge is 0.0427 e. The van der Waals surface area contributed by atoms with Gasteiger partial charge >= 0.3 is 0 Å². The fourth-order valence-electron chi connectivity index (χ4n) is 1.83. The molecule has 0 aromatic rings. The molecule has 2 N–H and O–H groups in total. The predicted molar refractivity (Wildman–Crippen MR) is 41.7 cm³/mol. The van der Waals surface area contributed by atoms with Gasteiger partial charge in [-0.25, -0.2) is 0 Å². The second-order valence-electron chi connectivity index (χ2n) is 3.28. The van der Waals surface area contributed by atoms with E-state index in [0.29, 0.717) is 5.54 Å². The van der Waals surface area contributed by atoms with E-state index in [1.54, 1.807) is 0 Å². The molecule has 2 aliphatic rings. The van der Waals surface area contributed by atoms with Crippen molar-refractivity contribution in [3.05, 3.63) is 12.3 Å². The van der Waals surface area contributed by atoms with Crippen molar-refractivity contribution in [2.24, 2.45) is 0 Å². The standard InChI is InChI=1S/C8H14N2/c1-2-8(10-5-1)3-6-9-7-4-8/h1,5,9-10H,2-4,6-7H2. The lowest BCUT2D eigenvalue weighted by molar-refractivity contribution is 0.286. The molecule has 2 aliphatic heterocycles. The highest BCUT2D eigenvalue weighted by molar-refractivity contribution is 5.07. The number of nitrogens with one attached hydrogen (secondary N) is 2. The van der Waals surface area contributed by atoms with Crippen molar-refractivity contribution in [2.75, 3.05) is 13.1 Å². The molecule has 0 atom stereocenters. The Morgan fingerprint density at radius 3 is 2.60 bits per heavy atom. The monoisotopic (exact) mass is 138 g/mol. The lowest BCUT2D eigenvalue weighted by Crippen LogP contribution is -2.47. The zero-order valence-corrected chi connectivity index (χ0v) is 6.19. The van der Waals surface area contributed by atoms with Crippen LogP contribution in [0.2, 0.25) is 0 Å². The Labute approximate surface area is 61.7 Å². The molecule has 1 fully saturated rings.